The van der Waals surface area contributed by atoms with Crippen LogP contribution in [-0.4, -0.2) is 34.7 Å². The standard InChI is InChI=1S/C17H17N5O3/c1-25-9-15(14-4-2-3-7-18-14)22-17(24)21-11-5-6-13-12(8-11)16(23)20-10-19-13/h2-8,10,15H,9H2,1H3,(H,19,20,23)(H2,21,22,24)/t15-/m0/s1. The number of anilines is 1. The van der Waals surface area contributed by atoms with E-state index in [1.54, 1.807) is 37.6 Å². The van der Waals surface area contributed by atoms with E-state index in [1.165, 1.54) is 6.33 Å². The van der Waals surface area contributed by atoms with Gasteiger partial charge in [0.15, 0.2) is 0 Å². The molecule has 0 spiro atoms. The van der Waals surface area contributed by atoms with Crippen LogP contribution in [0.15, 0.2) is 53.7 Å². The van der Waals surface area contributed by atoms with Gasteiger partial charge < -0.3 is 20.4 Å². The van der Waals surface area contributed by atoms with Crippen LogP contribution in [0.5, 0.6) is 0 Å². The number of hydrogen-bond acceptors (Lipinski definition) is 5. The lowest BCUT2D eigenvalue weighted by Gasteiger charge is -2.18. The number of H-pyrrole nitrogens is 1. The molecule has 2 amide bonds. The lowest BCUT2D eigenvalue weighted by atomic mass is 10.2. The number of urea groups is 1. The number of nitrogens with one attached hydrogen (secondary N) is 3. The van der Waals surface area contributed by atoms with E-state index in [9.17, 15) is 9.59 Å². The van der Waals surface area contributed by atoms with Gasteiger partial charge in [0, 0.05) is 19.0 Å². The number of nitrogens with zero attached hydrogens (tertiary/aromatic N) is 2. The third kappa shape index (κ3) is 3.99. The van der Waals surface area contributed by atoms with Crippen molar-refractivity contribution in [2.75, 3.05) is 19.0 Å². The molecular weight excluding hydrogens is 322 g/mol. The summed E-state index contributed by atoms with van der Waals surface area (Å²) in [6.07, 6.45) is 2.99. The summed E-state index contributed by atoms with van der Waals surface area (Å²) in [6, 6.07) is 9.56. The van der Waals surface area contributed by atoms with Crippen molar-refractivity contribution in [2.24, 2.45) is 0 Å². The van der Waals surface area contributed by atoms with Crippen molar-refractivity contribution in [3.63, 3.8) is 0 Å². The second-order valence-electron chi connectivity index (χ2n) is 5.32. The van der Waals surface area contributed by atoms with Crippen molar-refractivity contribution in [2.45, 2.75) is 6.04 Å². The fraction of sp³-hybridized carbons (Fsp3) is 0.176. The predicted octanol–water partition coefficient (Wildman–Crippen LogP) is 1.83. The average Bonchev–Trinajstić information content (AvgIpc) is 2.63. The molecular formula is C17H17N5O3. The quantitative estimate of drug-likeness (QED) is 0.657. The van der Waals surface area contributed by atoms with Crippen molar-refractivity contribution < 1.29 is 9.53 Å². The minimum Gasteiger partial charge on any atom is -0.382 e. The molecule has 128 valence electrons. The van der Waals surface area contributed by atoms with Gasteiger partial charge in [0.05, 0.1) is 35.6 Å². The predicted molar refractivity (Wildman–Crippen MR) is 93.4 cm³/mol. The summed E-state index contributed by atoms with van der Waals surface area (Å²) in [5.41, 5.74) is 1.47. The maximum absolute atomic E-state index is 12.3. The van der Waals surface area contributed by atoms with Gasteiger partial charge in [-0.1, -0.05) is 6.07 Å². The first-order valence-corrected chi connectivity index (χ1v) is 7.62. The summed E-state index contributed by atoms with van der Waals surface area (Å²) in [7, 11) is 1.55. The fourth-order valence-corrected chi connectivity index (χ4v) is 2.42. The van der Waals surface area contributed by atoms with Crippen LogP contribution in [0, 0.1) is 0 Å². The van der Waals surface area contributed by atoms with Gasteiger partial charge in [-0.3, -0.25) is 9.78 Å². The maximum atomic E-state index is 12.3. The van der Waals surface area contributed by atoms with Crippen molar-refractivity contribution >= 4 is 22.6 Å². The van der Waals surface area contributed by atoms with Crippen LogP contribution in [0.1, 0.15) is 11.7 Å². The highest BCUT2D eigenvalue weighted by atomic mass is 16.5. The van der Waals surface area contributed by atoms with Crippen LogP contribution in [0.25, 0.3) is 10.9 Å². The molecule has 8 nitrogen and oxygen atoms in total. The Morgan fingerprint density at radius 1 is 1.28 bits per heavy atom. The molecule has 0 saturated heterocycles. The van der Waals surface area contributed by atoms with E-state index >= 15 is 0 Å². The second-order valence-corrected chi connectivity index (χ2v) is 5.32. The molecule has 0 saturated carbocycles. The Morgan fingerprint density at radius 2 is 2.16 bits per heavy atom. The molecule has 1 aromatic carbocycles. The van der Waals surface area contributed by atoms with Crippen molar-refractivity contribution in [3.05, 3.63) is 65.0 Å². The Labute approximate surface area is 143 Å². The van der Waals surface area contributed by atoms with Crippen LogP contribution in [0.4, 0.5) is 10.5 Å². The minimum atomic E-state index is -0.424. The van der Waals surface area contributed by atoms with Crippen LogP contribution >= 0.6 is 0 Å². The number of carbonyl (C=O) groups is 1. The number of aromatic nitrogens is 3. The van der Waals surface area contributed by atoms with Crippen molar-refractivity contribution in [3.8, 4) is 0 Å². The summed E-state index contributed by atoms with van der Waals surface area (Å²) < 4.78 is 5.15. The summed E-state index contributed by atoms with van der Waals surface area (Å²) in [6.45, 7) is 0.283. The van der Waals surface area contributed by atoms with Crippen molar-refractivity contribution in [1.82, 2.24) is 20.3 Å². The Hall–Kier alpha value is -3.26. The maximum Gasteiger partial charge on any atom is 0.319 e. The van der Waals surface area contributed by atoms with E-state index in [1.807, 2.05) is 12.1 Å². The molecule has 0 aliphatic rings. The number of aromatic amines is 1. The zero-order valence-corrected chi connectivity index (χ0v) is 13.5. The van der Waals surface area contributed by atoms with E-state index in [4.69, 9.17) is 4.74 Å². The lowest BCUT2D eigenvalue weighted by Crippen LogP contribution is -2.35. The number of hydrogen-bond donors (Lipinski definition) is 3. The van der Waals surface area contributed by atoms with Crippen LogP contribution in [0.2, 0.25) is 0 Å². The number of rotatable bonds is 5. The highest BCUT2D eigenvalue weighted by molar-refractivity contribution is 5.92. The van der Waals surface area contributed by atoms with Crippen LogP contribution in [-0.2, 0) is 4.74 Å². The Bertz CT molecular complexity index is 926. The zero-order chi connectivity index (χ0) is 17.6. The Morgan fingerprint density at radius 3 is 2.92 bits per heavy atom. The first kappa shape index (κ1) is 16.6. The first-order valence-electron chi connectivity index (χ1n) is 7.62. The van der Waals surface area contributed by atoms with Gasteiger partial charge in [-0.15, -0.1) is 0 Å². The average molecular weight is 339 g/mol. The molecule has 0 fully saturated rings. The number of methoxy groups -OCH3 is 1. The number of ether oxygens (including phenoxy) is 1. The molecule has 2 heterocycles. The number of carbonyl (C=O) groups excluding carboxylic acids is 1. The molecule has 2 aromatic heterocycles. The normalized spacial score (nSPS) is 11.9. The molecule has 25 heavy (non-hydrogen) atoms. The van der Waals surface area contributed by atoms with Crippen molar-refractivity contribution in [1.29, 1.82) is 0 Å². The van der Waals surface area contributed by atoms with Gasteiger partial charge in [0.1, 0.15) is 0 Å². The lowest BCUT2D eigenvalue weighted by molar-refractivity contribution is 0.166. The van der Waals surface area contributed by atoms with E-state index in [0.717, 1.165) is 0 Å². The summed E-state index contributed by atoms with van der Waals surface area (Å²) in [5.74, 6) is 0. The van der Waals surface area contributed by atoms with E-state index < -0.39 is 12.1 Å². The number of benzene rings is 1. The van der Waals surface area contributed by atoms with Crippen LogP contribution in [0.3, 0.4) is 0 Å². The van der Waals surface area contributed by atoms with E-state index in [-0.39, 0.29) is 12.2 Å². The molecule has 0 unspecified atom stereocenters. The molecule has 8 heteroatoms. The first-order chi connectivity index (χ1) is 12.2. The highest BCUT2D eigenvalue weighted by Crippen LogP contribution is 2.15. The zero-order valence-electron chi connectivity index (χ0n) is 13.5. The molecule has 0 bridgehead atoms. The Kier molecular flexibility index (Phi) is 5.00. The topological polar surface area (TPSA) is 109 Å². The molecule has 3 rings (SSSR count). The van der Waals surface area contributed by atoms with E-state index in [0.29, 0.717) is 22.3 Å². The Balaban J connectivity index is 1.75. The monoisotopic (exact) mass is 339 g/mol. The number of fused-ring (bicyclic) bond motifs is 1. The van der Waals surface area contributed by atoms with Gasteiger partial charge in [-0.2, -0.15) is 0 Å². The molecule has 0 radical (unpaired) electrons. The molecule has 3 N–H and O–H groups in total. The molecule has 0 aliphatic carbocycles. The van der Waals surface area contributed by atoms with Gasteiger partial charge in [-0.25, -0.2) is 9.78 Å². The second kappa shape index (κ2) is 7.54. The van der Waals surface area contributed by atoms with Gasteiger partial charge in [0.25, 0.3) is 5.56 Å². The SMILES string of the molecule is COC[C@H](NC(=O)Nc1ccc2nc[nH]c(=O)c2c1)c1ccccn1. The smallest absolute Gasteiger partial charge is 0.319 e. The third-order valence-electron chi connectivity index (χ3n) is 3.58. The summed E-state index contributed by atoms with van der Waals surface area (Å²) in [4.78, 5) is 34.9. The molecule has 3 aromatic rings. The summed E-state index contributed by atoms with van der Waals surface area (Å²) >= 11 is 0. The molecule has 0 aliphatic heterocycles. The number of amides is 2. The van der Waals surface area contributed by atoms with E-state index in [2.05, 4.69) is 25.6 Å². The van der Waals surface area contributed by atoms with Gasteiger partial charge in [-0.05, 0) is 30.3 Å². The third-order valence-corrected chi connectivity index (χ3v) is 3.58. The highest BCUT2D eigenvalue weighted by Gasteiger charge is 2.15. The van der Waals surface area contributed by atoms with Gasteiger partial charge in [0.2, 0.25) is 0 Å². The van der Waals surface area contributed by atoms with Gasteiger partial charge >= 0.3 is 6.03 Å². The largest absolute Gasteiger partial charge is 0.382 e. The summed E-state index contributed by atoms with van der Waals surface area (Å²) in [5, 5.41) is 5.91. The minimum absolute atomic E-state index is 0.264. The molecule has 1 atom stereocenters. The number of pyridine rings is 1. The fourth-order valence-electron chi connectivity index (χ4n) is 2.42. The van der Waals surface area contributed by atoms with Crippen LogP contribution < -0.4 is 16.2 Å².